The second-order valence-electron chi connectivity index (χ2n) is 2.93. The van der Waals surface area contributed by atoms with Gasteiger partial charge in [-0.05, 0) is 7.05 Å². The summed E-state index contributed by atoms with van der Waals surface area (Å²) in [5.41, 5.74) is 0. The number of aliphatic hydroxyl groups is 3. The second-order valence-corrected chi connectivity index (χ2v) is 2.93. The van der Waals surface area contributed by atoms with Crippen LogP contribution in [0.15, 0.2) is 0 Å². The van der Waals surface area contributed by atoms with Crippen LogP contribution in [0.25, 0.3) is 0 Å². The summed E-state index contributed by atoms with van der Waals surface area (Å²) in [5, 5.41) is 30.2. The summed E-state index contributed by atoms with van der Waals surface area (Å²) in [7, 11) is 1.70. The van der Waals surface area contributed by atoms with Crippen molar-refractivity contribution in [3.05, 3.63) is 0 Å². The summed E-state index contributed by atoms with van der Waals surface area (Å²) in [6.45, 7) is -0.281. The molecule has 1 fully saturated rings. The smallest absolute Gasteiger partial charge is 0.111 e. The van der Waals surface area contributed by atoms with E-state index in [1.807, 2.05) is 0 Å². The first-order chi connectivity index (χ1) is 5.69. The van der Waals surface area contributed by atoms with Gasteiger partial charge >= 0.3 is 0 Å². The lowest BCUT2D eigenvalue weighted by Gasteiger charge is -2.36. The van der Waals surface area contributed by atoms with Crippen LogP contribution >= 0.6 is 0 Å². The van der Waals surface area contributed by atoms with Crippen LogP contribution < -0.4 is 5.32 Å². The Bertz CT molecular complexity index is 143. The molecule has 12 heavy (non-hydrogen) atoms. The first-order valence-corrected chi connectivity index (χ1v) is 3.98. The third-order valence-corrected chi connectivity index (χ3v) is 2.07. The summed E-state index contributed by atoms with van der Waals surface area (Å²) < 4.78 is 5.20. The Labute approximate surface area is 71.0 Å². The Morgan fingerprint density at radius 2 is 2.17 bits per heavy atom. The van der Waals surface area contributed by atoms with Gasteiger partial charge in [-0.1, -0.05) is 0 Å². The van der Waals surface area contributed by atoms with Crippen LogP contribution in [0.3, 0.4) is 0 Å². The van der Waals surface area contributed by atoms with Crippen molar-refractivity contribution < 1.29 is 20.1 Å². The summed E-state index contributed by atoms with van der Waals surface area (Å²) in [4.78, 5) is 0. The highest BCUT2D eigenvalue weighted by Gasteiger charge is 2.35. The van der Waals surface area contributed by atoms with Crippen molar-refractivity contribution in [2.45, 2.75) is 31.0 Å². The van der Waals surface area contributed by atoms with E-state index in [1.54, 1.807) is 7.05 Å². The van der Waals surface area contributed by atoms with Gasteiger partial charge in [0.1, 0.15) is 18.4 Å². The SMILES string of the molecule is CN[C@@H]1C[C@@H](O)[C@@H](O)[C@@H](CO)O1. The fourth-order valence-electron chi connectivity index (χ4n) is 1.29. The van der Waals surface area contributed by atoms with E-state index in [0.717, 1.165) is 0 Å². The maximum absolute atomic E-state index is 9.30. The molecule has 0 aliphatic carbocycles. The highest BCUT2D eigenvalue weighted by Crippen LogP contribution is 2.18. The van der Waals surface area contributed by atoms with E-state index >= 15 is 0 Å². The van der Waals surface area contributed by atoms with Crippen molar-refractivity contribution in [1.29, 1.82) is 0 Å². The van der Waals surface area contributed by atoms with Crippen molar-refractivity contribution in [3.63, 3.8) is 0 Å². The molecule has 0 saturated carbocycles. The predicted molar refractivity (Wildman–Crippen MR) is 41.4 cm³/mol. The van der Waals surface area contributed by atoms with Gasteiger partial charge in [0.2, 0.25) is 0 Å². The molecule has 1 aliphatic rings. The molecule has 1 rings (SSSR count). The molecule has 0 radical (unpaired) electrons. The van der Waals surface area contributed by atoms with Crippen LogP contribution in [-0.2, 0) is 4.74 Å². The number of rotatable bonds is 2. The molecule has 0 aromatic carbocycles. The summed E-state index contributed by atoms with van der Waals surface area (Å²) in [6.07, 6.45) is -2.45. The van der Waals surface area contributed by atoms with Gasteiger partial charge in [-0.2, -0.15) is 0 Å². The number of hydrogen-bond acceptors (Lipinski definition) is 5. The molecule has 0 unspecified atom stereocenters. The zero-order valence-corrected chi connectivity index (χ0v) is 6.97. The van der Waals surface area contributed by atoms with E-state index in [9.17, 15) is 10.2 Å². The Hall–Kier alpha value is -0.200. The van der Waals surface area contributed by atoms with E-state index in [0.29, 0.717) is 6.42 Å². The molecule has 5 heteroatoms. The van der Waals surface area contributed by atoms with Gasteiger partial charge in [0.05, 0.1) is 12.7 Å². The van der Waals surface area contributed by atoms with E-state index in [1.165, 1.54) is 0 Å². The van der Waals surface area contributed by atoms with Crippen molar-refractivity contribution >= 4 is 0 Å². The predicted octanol–water partition coefficient (Wildman–Crippen LogP) is -1.97. The highest BCUT2D eigenvalue weighted by atomic mass is 16.5. The third-order valence-electron chi connectivity index (χ3n) is 2.07. The van der Waals surface area contributed by atoms with E-state index in [4.69, 9.17) is 9.84 Å². The molecule has 0 amide bonds. The molecule has 72 valence electrons. The molecule has 4 atom stereocenters. The Morgan fingerprint density at radius 3 is 2.67 bits per heavy atom. The van der Waals surface area contributed by atoms with Gasteiger partial charge in [-0.3, -0.25) is 5.32 Å². The van der Waals surface area contributed by atoms with Gasteiger partial charge in [-0.15, -0.1) is 0 Å². The Kier molecular flexibility index (Phi) is 3.42. The number of nitrogens with one attached hydrogen (secondary N) is 1. The highest BCUT2D eigenvalue weighted by molar-refractivity contribution is 4.83. The number of ether oxygens (including phenoxy) is 1. The quantitative estimate of drug-likeness (QED) is 0.393. The lowest BCUT2D eigenvalue weighted by molar-refractivity contribution is -0.185. The van der Waals surface area contributed by atoms with Gasteiger partial charge < -0.3 is 20.1 Å². The number of hydrogen-bond donors (Lipinski definition) is 4. The molecule has 0 aromatic rings. The topological polar surface area (TPSA) is 82.0 Å². The first kappa shape index (κ1) is 9.88. The molecule has 0 bridgehead atoms. The minimum Gasteiger partial charge on any atom is -0.394 e. The second kappa shape index (κ2) is 4.15. The van der Waals surface area contributed by atoms with E-state index < -0.39 is 18.3 Å². The molecule has 1 heterocycles. The minimum absolute atomic E-state index is 0.281. The van der Waals surface area contributed by atoms with Crippen LogP contribution in [0.4, 0.5) is 0 Å². The van der Waals surface area contributed by atoms with Crippen LogP contribution in [-0.4, -0.2) is 53.5 Å². The van der Waals surface area contributed by atoms with Crippen molar-refractivity contribution in [3.8, 4) is 0 Å². The van der Waals surface area contributed by atoms with Crippen LogP contribution in [0, 0.1) is 0 Å². The van der Waals surface area contributed by atoms with Crippen LogP contribution in [0.2, 0.25) is 0 Å². The molecule has 0 spiro atoms. The fourth-order valence-corrected chi connectivity index (χ4v) is 1.29. The van der Waals surface area contributed by atoms with E-state index in [-0.39, 0.29) is 12.8 Å². The average molecular weight is 177 g/mol. The molecular weight excluding hydrogens is 162 g/mol. The zero-order valence-electron chi connectivity index (χ0n) is 6.97. The molecule has 1 saturated heterocycles. The average Bonchev–Trinajstić information content (AvgIpc) is 2.09. The van der Waals surface area contributed by atoms with Gasteiger partial charge in [0, 0.05) is 6.42 Å². The van der Waals surface area contributed by atoms with E-state index in [2.05, 4.69) is 5.32 Å². The molecule has 1 aliphatic heterocycles. The molecule has 0 aromatic heterocycles. The molecule has 5 nitrogen and oxygen atoms in total. The van der Waals surface area contributed by atoms with Crippen LogP contribution in [0.1, 0.15) is 6.42 Å². The van der Waals surface area contributed by atoms with Crippen molar-refractivity contribution in [2.75, 3.05) is 13.7 Å². The lowest BCUT2D eigenvalue weighted by atomic mass is 10.0. The monoisotopic (exact) mass is 177 g/mol. The van der Waals surface area contributed by atoms with Crippen molar-refractivity contribution in [2.24, 2.45) is 0 Å². The molecule has 4 N–H and O–H groups in total. The normalized spacial score (nSPS) is 43.0. The minimum atomic E-state index is -0.986. The van der Waals surface area contributed by atoms with Gasteiger partial charge in [0.25, 0.3) is 0 Å². The van der Waals surface area contributed by atoms with Gasteiger partial charge in [0.15, 0.2) is 0 Å². The standard InChI is InChI=1S/C7H15NO4/c1-8-6-2-4(10)7(11)5(3-9)12-6/h4-11H,2-3H2,1H3/t4-,5-,6+,7-/m1/s1. The Morgan fingerprint density at radius 1 is 1.50 bits per heavy atom. The number of aliphatic hydroxyl groups excluding tert-OH is 3. The molecular formula is C7H15NO4. The Balaban J connectivity index is 2.52. The maximum atomic E-state index is 9.30. The summed E-state index contributed by atoms with van der Waals surface area (Å²) >= 11 is 0. The lowest BCUT2D eigenvalue weighted by Crippen LogP contribution is -2.53. The van der Waals surface area contributed by atoms with Crippen molar-refractivity contribution in [1.82, 2.24) is 5.32 Å². The fraction of sp³-hybridized carbons (Fsp3) is 1.00. The summed E-state index contributed by atoms with van der Waals surface area (Å²) in [6, 6.07) is 0. The third kappa shape index (κ3) is 1.94. The van der Waals surface area contributed by atoms with Crippen LogP contribution in [0.5, 0.6) is 0 Å². The zero-order chi connectivity index (χ0) is 9.14. The maximum Gasteiger partial charge on any atom is 0.111 e. The first-order valence-electron chi connectivity index (χ1n) is 3.98. The summed E-state index contributed by atoms with van der Waals surface area (Å²) in [5.74, 6) is 0. The van der Waals surface area contributed by atoms with Gasteiger partial charge in [-0.25, -0.2) is 0 Å². The largest absolute Gasteiger partial charge is 0.394 e.